The highest BCUT2D eigenvalue weighted by Crippen LogP contribution is 2.18. The largest absolute Gasteiger partial charge is 0.378 e. The number of nitrogens with zero attached hydrogens (tertiary/aromatic N) is 3. The molecule has 1 aromatic carbocycles. The summed E-state index contributed by atoms with van der Waals surface area (Å²) in [5.74, 6) is -0.769. The van der Waals surface area contributed by atoms with Crippen LogP contribution >= 0.6 is 15.9 Å². The van der Waals surface area contributed by atoms with E-state index in [1.807, 2.05) is 18.2 Å². The molecule has 0 bridgehead atoms. The fourth-order valence-electron chi connectivity index (χ4n) is 3.01. The van der Waals surface area contributed by atoms with Gasteiger partial charge in [-0.2, -0.15) is 0 Å². The van der Waals surface area contributed by atoms with E-state index >= 15 is 0 Å². The van der Waals surface area contributed by atoms with Crippen molar-refractivity contribution in [2.45, 2.75) is 6.54 Å². The lowest BCUT2D eigenvalue weighted by molar-refractivity contribution is -0.155. The quantitative estimate of drug-likeness (QED) is 0.699. The smallest absolute Gasteiger partial charge is 0.312 e. The Balaban J connectivity index is 1.50. The molecule has 0 aliphatic carbocycles. The van der Waals surface area contributed by atoms with E-state index in [0.29, 0.717) is 39.4 Å². The van der Waals surface area contributed by atoms with Crippen LogP contribution < -0.4 is 0 Å². The average Bonchev–Trinajstić information content (AvgIpc) is 2.64. The molecule has 0 saturated carbocycles. The highest BCUT2D eigenvalue weighted by atomic mass is 79.9. The van der Waals surface area contributed by atoms with Crippen LogP contribution in [0.2, 0.25) is 0 Å². The second-order valence-electron chi connectivity index (χ2n) is 6.06. The zero-order valence-electron chi connectivity index (χ0n) is 13.6. The third kappa shape index (κ3) is 4.15. The Kier molecular flexibility index (Phi) is 5.86. The Morgan fingerprint density at radius 1 is 0.917 bits per heavy atom. The Labute approximate surface area is 150 Å². The number of hydrogen-bond acceptors (Lipinski definition) is 4. The van der Waals surface area contributed by atoms with Crippen molar-refractivity contribution in [1.29, 1.82) is 0 Å². The number of hydrogen-bond donors (Lipinski definition) is 0. The van der Waals surface area contributed by atoms with Crippen molar-refractivity contribution in [1.82, 2.24) is 14.7 Å². The van der Waals surface area contributed by atoms with Crippen molar-refractivity contribution in [2.24, 2.45) is 0 Å². The predicted octanol–water partition coefficient (Wildman–Crippen LogP) is 0.952. The maximum absolute atomic E-state index is 12.4. The molecule has 24 heavy (non-hydrogen) atoms. The molecule has 0 radical (unpaired) electrons. The van der Waals surface area contributed by atoms with Crippen LogP contribution in [0.3, 0.4) is 0 Å². The molecule has 6 nitrogen and oxygen atoms in total. The topological polar surface area (TPSA) is 53.1 Å². The van der Waals surface area contributed by atoms with Crippen LogP contribution in [0.5, 0.6) is 0 Å². The number of halogens is 1. The summed E-state index contributed by atoms with van der Waals surface area (Å²) in [5.41, 5.74) is 1.24. The Hall–Kier alpha value is -1.44. The van der Waals surface area contributed by atoms with Crippen LogP contribution in [0, 0.1) is 0 Å². The summed E-state index contributed by atoms with van der Waals surface area (Å²) < 4.78 is 6.33. The summed E-state index contributed by atoms with van der Waals surface area (Å²) in [6, 6.07) is 8.17. The summed E-state index contributed by atoms with van der Waals surface area (Å²) in [7, 11) is 0. The zero-order chi connectivity index (χ0) is 16.9. The molecule has 0 aromatic heterocycles. The standard InChI is InChI=1S/C17H22BrN3O3/c18-15-4-2-1-3-14(15)13-19-5-7-20(8-6-19)16(22)17(23)21-9-11-24-12-10-21/h1-4H,5-13H2. The van der Waals surface area contributed by atoms with Crippen molar-refractivity contribution >= 4 is 27.7 Å². The van der Waals surface area contributed by atoms with Crippen LogP contribution in [-0.4, -0.2) is 79.0 Å². The van der Waals surface area contributed by atoms with Crippen molar-refractivity contribution in [2.75, 3.05) is 52.5 Å². The van der Waals surface area contributed by atoms with Gasteiger partial charge in [-0.1, -0.05) is 34.1 Å². The van der Waals surface area contributed by atoms with Gasteiger partial charge in [-0.25, -0.2) is 0 Å². The van der Waals surface area contributed by atoms with Crippen molar-refractivity contribution in [3.8, 4) is 0 Å². The fraction of sp³-hybridized carbons (Fsp3) is 0.529. The van der Waals surface area contributed by atoms with Crippen LogP contribution in [-0.2, 0) is 20.9 Å². The van der Waals surface area contributed by atoms with Gasteiger partial charge < -0.3 is 14.5 Å². The van der Waals surface area contributed by atoms with E-state index < -0.39 is 5.91 Å². The van der Waals surface area contributed by atoms with Crippen molar-refractivity contribution in [3.05, 3.63) is 34.3 Å². The molecule has 1 aromatic rings. The summed E-state index contributed by atoms with van der Waals surface area (Å²) in [4.78, 5) is 30.2. The molecule has 3 rings (SSSR count). The Morgan fingerprint density at radius 2 is 1.50 bits per heavy atom. The SMILES string of the molecule is O=C(C(=O)N1CCN(Cc2ccccc2Br)CC1)N1CCOCC1. The van der Waals surface area contributed by atoms with E-state index in [1.54, 1.807) is 9.80 Å². The number of benzene rings is 1. The number of carbonyl (C=O) groups is 2. The van der Waals surface area contributed by atoms with Crippen LogP contribution in [0.4, 0.5) is 0 Å². The van der Waals surface area contributed by atoms with E-state index in [-0.39, 0.29) is 5.91 Å². The maximum atomic E-state index is 12.4. The minimum Gasteiger partial charge on any atom is -0.378 e. The number of amides is 2. The van der Waals surface area contributed by atoms with Crippen LogP contribution in [0.25, 0.3) is 0 Å². The Bertz CT molecular complexity index is 596. The van der Waals surface area contributed by atoms with Crippen molar-refractivity contribution in [3.63, 3.8) is 0 Å². The first kappa shape index (κ1) is 17.4. The van der Waals surface area contributed by atoms with Crippen LogP contribution in [0.15, 0.2) is 28.7 Å². The molecule has 0 atom stereocenters. The lowest BCUT2D eigenvalue weighted by Crippen LogP contribution is -2.54. The molecule has 2 aliphatic heterocycles. The first-order valence-corrected chi connectivity index (χ1v) is 9.06. The van der Waals surface area contributed by atoms with E-state index in [4.69, 9.17) is 4.74 Å². The molecule has 130 valence electrons. The molecule has 0 unspecified atom stereocenters. The van der Waals surface area contributed by atoms with Gasteiger partial charge in [0, 0.05) is 50.3 Å². The molecule has 7 heteroatoms. The first-order valence-electron chi connectivity index (χ1n) is 8.27. The number of piperazine rings is 1. The van der Waals surface area contributed by atoms with E-state index in [2.05, 4.69) is 26.9 Å². The minimum absolute atomic E-state index is 0.377. The molecule has 2 saturated heterocycles. The second-order valence-corrected chi connectivity index (χ2v) is 6.92. The fourth-order valence-corrected chi connectivity index (χ4v) is 3.42. The molecule has 2 amide bonds. The number of rotatable bonds is 2. The van der Waals surface area contributed by atoms with Gasteiger partial charge in [0.1, 0.15) is 0 Å². The highest BCUT2D eigenvalue weighted by Gasteiger charge is 2.30. The van der Waals surface area contributed by atoms with Crippen LogP contribution in [0.1, 0.15) is 5.56 Å². The number of ether oxygens (including phenoxy) is 1. The van der Waals surface area contributed by atoms with Gasteiger partial charge in [-0.15, -0.1) is 0 Å². The number of morpholine rings is 1. The molecular weight excluding hydrogens is 374 g/mol. The summed E-state index contributed by atoms with van der Waals surface area (Å²) in [5, 5.41) is 0. The van der Waals surface area contributed by atoms with Gasteiger partial charge in [0.05, 0.1) is 13.2 Å². The molecule has 2 fully saturated rings. The third-order valence-electron chi connectivity index (χ3n) is 4.49. The monoisotopic (exact) mass is 395 g/mol. The molecule has 0 spiro atoms. The summed E-state index contributed by atoms with van der Waals surface area (Å²) >= 11 is 3.57. The maximum Gasteiger partial charge on any atom is 0.312 e. The highest BCUT2D eigenvalue weighted by molar-refractivity contribution is 9.10. The second kappa shape index (κ2) is 8.09. The van der Waals surface area contributed by atoms with E-state index in [9.17, 15) is 9.59 Å². The Morgan fingerprint density at radius 3 is 2.12 bits per heavy atom. The van der Waals surface area contributed by atoms with Gasteiger partial charge in [0.25, 0.3) is 0 Å². The molecule has 0 N–H and O–H groups in total. The van der Waals surface area contributed by atoms with Crippen molar-refractivity contribution < 1.29 is 14.3 Å². The molecule has 2 aliphatic rings. The third-order valence-corrected chi connectivity index (χ3v) is 5.27. The minimum atomic E-state index is -0.391. The molecular formula is C17H22BrN3O3. The number of carbonyl (C=O) groups excluding carboxylic acids is 2. The average molecular weight is 396 g/mol. The summed E-state index contributed by atoms with van der Waals surface area (Å²) in [6.07, 6.45) is 0. The lowest BCUT2D eigenvalue weighted by atomic mass is 10.2. The van der Waals surface area contributed by atoms with E-state index in [1.165, 1.54) is 5.56 Å². The molecule has 2 heterocycles. The lowest BCUT2D eigenvalue weighted by Gasteiger charge is -2.36. The van der Waals surface area contributed by atoms with Gasteiger partial charge in [-0.05, 0) is 11.6 Å². The summed E-state index contributed by atoms with van der Waals surface area (Å²) in [6.45, 7) is 5.64. The zero-order valence-corrected chi connectivity index (χ0v) is 15.2. The van der Waals surface area contributed by atoms with Gasteiger partial charge in [0.15, 0.2) is 0 Å². The van der Waals surface area contributed by atoms with Gasteiger partial charge >= 0.3 is 11.8 Å². The predicted molar refractivity (Wildman–Crippen MR) is 93.4 cm³/mol. The van der Waals surface area contributed by atoms with E-state index in [0.717, 1.165) is 24.1 Å². The normalized spacial score (nSPS) is 19.4. The van der Waals surface area contributed by atoms with Gasteiger partial charge in [0.2, 0.25) is 0 Å². The van der Waals surface area contributed by atoms with Gasteiger partial charge in [-0.3, -0.25) is 14.5 Å². The first-order chi connectivity index (χ1) is 11.6.